The van der Waals surface area contributed by atoms with Crippen LogP contribution in [0.5, 0.6) is 5.88 Å². The molecule has 2 aromatic heterocycles. The number of nitrogens with one attached hydrogen (secondary N) is 1. The summed E-state index contributed by atoms with van der Waals surface area (Å²) < 4.78 is 34.3. The van der Waals surface area contributed by atoms with Crippen molar-refractivity contribution in [3.63, 3.8) is 0 Å². The molecule has 0 bridgehead atoms. The van der Waals surface area contributed by atoms with Crippen molar-refractivity contribution in [2.75, 3.05) is 13.2 Å². The Morgan fingerprint density at radius 2 is 1.72 bits per heavy atom. The largest absolute Gasteiger partial charge is 0.475 e. The molecule has 29 heavy (non-hydrogen) atoms. The summed E-state index contributed by atoms with van der Waals surface area (Å²) in [7, 11) is 0. The topological polar surface area (TPSA) is 81.4 Å². The van der Waals surface area contributed by atoms with Gasteiger partial charge in [0.1, 0.15) is 23.8 Å². The van der Waals surface area contributed by atoms with Crippen molar-refractivity contribution in [1.29, 1.82) is 0 Å². The molecule has 9 heteroatoms. The van der Waals surface area contributed by atoms with Crippen LogP contribution < -0.4 is 10.1 Å². The molecule has 7 nitrogen and oxygen atoms in total. The van der Waals surface area contributed by atoms with Crippen LogP contribution in [0.25, 0.3) is 17.0 Å². The highest BCUT2D eigenvalue weighted by atomic mass is 19.1. The Morgan fingerprint density at radius 1 is 0.966 bits per heavy atom. The predicted molar refractivity (Wildman–Crippen MR) is 100 cm³/mol. The lowest BCUT2D eigenvalue weighted by Crippen LogP contribution is -2.29. The van der Waals surface area contributed by atoms with Crippen molar-refractivity contribution in [2.45, 2.75) is 0 Å². The molecule has 0 aliphatic heterocycles. The number of benzene rings is 2. The van der Waals surface area contributed by atoms with Crippen LogP contribution in [0.4, 0.5) is 8.78 Å². The van der Waals surface area contributed by atoms with E-state index in [1.54, 1.807) is 16.6 Å². The number of ether oxygens (including phenoxy) is 1. The third-order valence-corrected chi connectivity index (χ3v) is 4.10. The highest BCUT2D eigenvalue weighted by Crippen LogP contribution is 2.18. The SMILES string of the molecule is O=C(NCCOc1ccc2nnc(-c3ccccc3)n2n1)c1c(F)cccc1F. The lowest BCUT2D eigenvalue weighted by molar-refractivity contribution is 0.0938. The van der Waals surface area contributed by atoms with Crippen molar-refractivity contribution in [1.82, 2.24) is 25.1 Å². The number of hydrogen-bond acceptors (Lipinski definition) is 5. The maximum Gasteiger partial charge on any atom is 0.257 e. The van der Waals surface area contributed by atoms with Crippen LogP contribution in [-0.4, -0.2) is 38.9 Å². The van der Waals surface area contributed by atoms with Crippen molar-refractivity contribution >= 4 is 11.6 Å². The fourth-order valence-electron chi connectivity index (χ4n) is 2.74. The van der Waals surface area contributed by atoms with Gasteiger partial charge in [-0.2, -0.15) is 4.52 Å². The Labute approximate surface area is 164 Å². The number of hydrogen-bond donors (Lipinski definition) is 1. The minimum Gasteiger partial charge on any atom is -0.475 e. The first-order valence-electron chi connectivity index (χ1n) is 8.76. The number of rotatable bonds is 6. The highest BCUT2D eigenvalue weighted by molar-refractivity contribution is 5.94. The van der Waals surface area contributed by atoms with Gasteiger partial charge in [-0.15, -0.1) is 15.3 Å². The summed E-state index contributed by atoms with van der Waals surface area (Å²) in [6.07, 6.45) is 0. The molecular weight excluding hydrogens is 380 g/mol. The maximum absolute atomic E-state index is 13.6. The molecule has 0 aliphatic carbocycles. The molecule has 0 unspecified atom stereocenters. The van der Waals surface area contributed by atoms with Crippen LogP contribution in [0, 0.1) is 11.6 Å². The Morgan fingerprint density at radius 3 is 2.48 bits per heavy atom. The zero-order valence-corrected chi connectivity index (χ0v) is 15.0. The minimum atomic E-state index is -0.920. The van der Waals surface area contributed by atoms with Gasteiger partial charge in [-0.3, -0.25) is 4.79 Å². The Kier molecular flexibility index (Phi) is 5.10. The zero-order chi connectivity index (χ0) is 20.2. The smallest absolute Gasteiger partial charge is 0.257 e. The second-order valence-electron chi connectivity index (χ2n) is 6.03. The third-order valence-electron chi connectivity index (χ3n) is 4.10. The van der Waals surface area contributed by atoms with Gasteiger partial charge in [-0.25, -0.2) is 8.78 Å². The standard InChI is InChI=1S/C20H15F2N5O2/c21-14-7-4-8-15(22)18(14)20(28)23-11-12-29-17-10-9-16-24-25-19(27(16)26-17)13-5-2-1-3-6-13/h1-10H,11-12H2,(H,23,28). The van der Waals surface area contributed by atoms with Gasteiger partial charge in [0.05, 0.1) is 6.54 Å². The molecule has 2 heterocycles. The number of nitrogens with zero attached hydrogens (tertiary/aromatic N) is 4. The number of amides is 1. The van der Waals surface area contributed by atoms with Crippen LogP contribution >= 0.6 is 0 Å². The Bertz CT molecular complexity index is 1140. The maximum atomic E-state index is 13.6. The highest BCUT2D eigenvalue weighted by Gasteiger charge is 2.16. The molecule has 4 aromatic rings. The fourth-order valence-corrected chi connectivity index (χ4v) is 2.74. The molecule has 0 saturated carbocycles. The van der Waals surface area contributed by atoms with Crippen LogP contribution in [0.3, 0.4) is 0 Å². The van der Waals surface area contributed by atoms with Gasteiger partial charge in [0.15, 0.2) is 11.5 Å². The van der Waals surface area contributed by atoms with Gasteiger partial charge in [0.2, 0.25) is 5.88 Å². The van der Waals surface area contributed by atoms with Crippen molar-refractivity contribution in [3.8, 4) is 17.3 Å². The number of fused-ring (bicyclic) bond motifs is 1. The first kappa shape index (κ1) is 18.5. The van der Waals surface area contributed by atoms with Gasteiger partial charge in [-0.1, -0.05) is 36.4 Å². The van der Waals surface area contributed by atoms with Crippen LogP contribution in [-0.2, 0) is 0 Å². The van der Waals surface area contributed by atoms with E-state index >= 15 is 0 Å². The predicted octanol–water partition coefficient (Wildman–Crippen LogP) is 2.88. The first-order chi connectivity index (χ1) is 14.1. The van der Waals surface area contributed by atoms with E-state index in [-0.39, 0.29) is 13.2 Å². The molecule has 1 amide bonds. The van der Waals surface area contributed by atoms with Gasteiger partial charge < -0.3 is 10.1 Å². The van der Waals surface area contributed by atoms with E-state index < -0.39 is 23.1 Å². The molecular formula is C20H15F2N5O2. The second kappa shape index (κ2) is 8.01. The average Bonchev–Trinajstić information content (AvgIpc) is 3.15. The summed E-state index contributed by atoms with van der Waals surface area (Å²) in [5, 5.41) is 15.0. The van der Waals surface area contributed by atoms with Gasteiger partial charge in [0, 0.05) is 11.6 Å². The molecule has 2 aromatic carbocycles. The van der Waals surface area contributed by atoms with Crippen LogP contribution in [0.1, 0.15) is 10.4 Å². The van der Waals surface area contributed by atoms with E-state index in [0.717, 1.165) is 17.7 Å². The molecule has 146 valence electrons. The lowest BCUT2D eigenvalue weighted by Gasteiger charge is -2.08. The van der Waals surface area contributed by atoms with Crippen LogP contribution in [0.15, 0.2) is 60.7 Å². The molecule has 0 atom stereocenters. The second-order valence-corrected chi connectivity index (χ2v) is 6.03. The molecule has 0 spiro atoms. The van der Waals surface area contributed by atoms with E-state index in [0.29, 0.717) is 17.4 Å². The minimum absolute atomic E-state index is 0.0417. The van der Waals surface area contributed by atoms with E-state index in [1.165, 1.54) is 6.07 Å². The third kappa shape index (κ3) is 3.88. The van der Waals surface area contributed by atoms with E-state index in [2.05, 4.69) is 20.6 Å². The Balaban J connectivity index is 1.41. The summed E-state index contributed by atoms with van der Waals surface area (Å²) in [6, 6.07) is 16.0. The summed E-state index contributed by atoms with van der Waals surface area (Å²) in [5.41, 5.74) is 0.785. The van der Waals surface area contributed by atoms with Crippen LogP contribution in [0.2, 0.25) is 0 Å². The Hall–Kier alpha value is -3.88. The quantitative estimate of drug-likeness (QED) is 0.508. The molecule has 0 saturated heterocycles. The number of halogens is 2. The molecule has 0 radical (unpaired) electrons. The van der Waals surface area contributed by atoms with Gasteiger partial charge in [0.25, 0.3) is 5.91 Å². The molecule has 0 aliphatic rings. The average molecular weight is 395 g/mol. The summed E-state index contributed by atoms with van der Waals surface area (Å²) >= 11 is 0. The molecule has 4 rings (SSSR count). The number of aromatic nitrogens is 4. The monoisotopic (exact) mass is 395 g/mol. The van der Waals surface area contributed by atoms with Crippen molar-refractivity contribution < 1.29 is 18.3 Å². The van der Waals surface area contributed by atoms with E-state index in [4.69, 9.17) is 4.74 Å². The fraction of sp³-hybridized carbons (Fsp3) is 0.100. The summed E-state index contributed by atoms with van der Waals surface area (Å²) in [5.74, 6) is -1.83. The molecule has 1 N–H and O–H groups in total. The summed E-state index contributed by atoms with van der Waals surface area (Å²) in [4.78, 5) is 12.0. The van der Waals surface area contributed by atoms with Gasteiger partial charge in [-0.05, 0) is 18.2 Å². The number of carbonyl (C=O) groups excluding carboxylic acids is 1. The zero-order valence-electron chi connectivity index (χ0n) is 15.0. The first-order valence-corrected chi connectivity index (χ1v) is 8.76. The lowest BCUT2D eigenvalue weighted by atomic mass is 10.2. The van der Waals surface area contributed by atoms with E-state index in [1.807, 2.05) is 30.3 Å². The van der Waals surface area contributed by atoms with E-state index in [9.17, 15) is 13.6 Å². The summed E-state index contributed by atoms with van der Waals surface area (Å²) in [6.45, 7) is 0.100. The number of carbonyl (C=O) groups is 1. The molecule has 0 fully saturated rings. The normalized spacial score (nSPS) is 10.8. The van der Waals surface area contributed by atoms with Crippen molar-refractivity contribution in [2.24, 2.45) is 0 Å². The van der Waals surface area contributed by atoms with Gasteiger partial charge >= 0.3 is 0 Å². The van der Waals surface area contributed by atoms with Crippen molar-refractivity contribution in [3.05, 3.63) is 77.9 Å².